The highest BCUT2D eigenvalue weighted by molar-refractivity contribution is 5.77. The Bertz CT molecular complexity index is 841. The molecule has 2 aliphatic rings. The number of amides is 1. The van der Waals surface area contributed by atoms with Gasteiger partial charge in [-0.2, -0.15) is 0 Å². The van der Waals surface area contributed by atoms with Gasteiger partial charge < -0.3 is 9.47 Å². The van der Waals surface area contributed by atoms with Crippen LogP contribution in [0.15, 0.2) is 24.3 Å². The molecule has 0 spiro atoms. The van der Waals surface area contributed by atoms with Gasteiger partial charge in [-0.25, -0.2) is 5.06 Å². The second kappa shape index (κ2) is 21.3. The van der Waals surface area contributed by atoms with Crippen molar-refractivity contribution in [1.82, 2.24) is 5.06 Å². The van der Waals surface area contributed by atoms with Crippen molar-refractivity contribution in [2.75, 3.05) is 14.2 Å². The van der Waals surface area contributed by atoms with Crippen molar-refractivity contribution in [3.63, 3.8) is 0 Å². The maximum Gasteiger partial charge on any atom is 0.248 e. The maximum atomic E-state index is 12.0. The Balaban J connectivity index is 0.000000434. The molecule has 8 atom stereocenters. The van der Waals surface area contributed by atoms with E-state index in [2.05, 4.69) is 40.9 Å². The van der Waals surface area contributed by atoms with Crippen LogP contribution in [0.2, 0.25) is 0 Å². The third-order valence-electron chi connectivity index (χ3n) is 9.42. The van der Waals surface area contributed by atoms with Gasteiger partial charge in [0.15, 0.2) is 0 Å². The van der Waals surface area contributed by atoms with Crippen molar-refractivity contribution in [3.05, 3.63) is 24.3 Å². The SMILES string of the molecule is C=C1C[C@H](CCCC)OC1CCC(C)C[C@@H](C)C(=O)N(C)OC.C=C1C[C@H](CCCC)OC1CCC(C)C[C@@H](C)C(C)=O. The molecule has 2 heterocycles. The predicted molar refractivity (Wildman–Crippen MR) is 179 cm³/mol. The molecule has 1 amide bonds. The second-order valence-electron chi connectivity index (χ2n) is 13.8. The largest absolute Gasteiger partial charge is 0.370 e. The number of rotatable bonds is 19. The molecule has 2 fully saturated rings. The van der Waals surface area contributed by atoms with Gasteiger partial charge in [0.05, 0.1) is 31.5 Å². The number of ketones is 1. The molecule has 2 rings (SSSR count). The Hall–Kier alpha value is -1.50. The molecule has 2 saturated heterocycles. The van der Waals surface area contributed by atoms with Crippen molar-refractivity contribution in [2.24, 2.45) is 23.7 Å². The summed E-state index contributed by atoms with van der Waals surface area (Å²) in [6.07, 6.45) is 16.7. The van der Waals surface area contributed by atoms with Crippen LogP contribution in [0.1, 0.15) is 138 Å². The molecule has 0 saturated carbocycles. The molecule has 0 N–H and O–H groups in total. The summed E-state index contributed by atoms with van der Waals surface area (Å²) >= 11 is 0. The standard InChI is InChI=1S/C19H35NO3.C18H32O2/c1-7-8-9-17-13-15(3)18(23-17)11-10-14(2)12-16(4)19(21)20(5)22-6;1-6-7-8-17-12-15(4)18(20-17)10-9-13(2)11-14(3)16(5)19/h14,16-18H,3,7-13H2,1-2,4-6H3;13-14,17-18H,4,6-12H2,1-3,5H3/t14?,16-,17+,18?;13?,14-,17+,18?/m11/s1. The van der Waals surface area contributed by atoms with Crippen molar-refractivity contribution in [1.29, 1.82) is 0 Å². The van der Waals surface area contributed by atoms with E-state index < -0.39 is 0 Å². The van der Waals surface area contributed by atoms with Crippen LogP contribution in [-0.4, -0.2) is 55.3 Å². The molecule has 250 valence electrons. The maximum absolute atomic E-state index is 12.0. The minimum atomic E-state index is -0.0139. The van der Waals surface area contributed by atoms with Gasteiger partial charge in [-0.1, -0.05) is 80.4 Å². The summed E-state index contributed by atoms with van der Waals surface area (Å²) < 4.78 is 12.3. The molecule has 6 heteroatoms. The van der Waals surface area contributed by atoms with E-state index in [1.54, 1.807) is 14.0 Å². The molecule has 2 aliphatic heterocycles. The van der Waals surface area contributed by atoms with Gasteiger partial charge in [-0.15, -0.1) is 0 Å². The molecule has 0 aromatic rings. The lowest BCUT2D eigenvalue weighted by Gasteiger charge is -2.22. The van der Waals surface area contributed by atoms with E-state index in [1.165, 1.54) is 55.4 Å². The molecule has 6 nitrogen and oxygen atoms in total. The van der Waals surface area contributed by atoms with E-state index in [4.69, 9.17) is 14.3 Å². The van der Waals surface area contributed by atoms with Crippen LogP contribution in [0.25, 0.3) is 0 Å². The quantitative estimate of drug-likeness (QED) is 0.108. The van der Waals surface area contributed by atoms with Gasteiger partial charge in [0.25, 0.3) is 0 Å². The average Bonchev–Trinajstić information content (AvgIpc) is 3.52. The fourth-order valence-electron chi connectivity index (χ4n) is 6.33. The number of hydrogen-bond donors (Lipinski definition) is 0. The zero-order valence-corrected chi connectivity index (χ0v) is 29.4. The highest BCUT2D eigenvalue weighted by Crippen LogP contribution is 2.33. The lowest BCUT2D eigenvalue weighted by atomic mass is 9.90. The van der Waals surface area contributed by atoms with E-state index in [1.807, 2.05) is 13.8 Å². The Morgan fingerprint density at radius 2 is 1.23 bits per heavy atom. The monoisotopic (exact) mass is 606 g/mol. The smallest absolute Gasteiger partial charge is 0.248 e. The number of hydroxylamine groups is 2. The minimum absolute atomic E-state index is 0.0139. The summed E-state index contributed by atoms with van der Waals surface area (Å²) in [4.78, 5) is 28.3. The Labute approximate surface area is 265 Å². The Morgan fingerprint density at radius 3 is 1.60 bits per heavy atom. The molecule has 0 aromatic carbocycles. The molecule has 0 bridgehead atoms. The van der Waals surface area contributed by atoms with Gasteiger partial charge in [-0.05, 0) is 94.1 Å². The van der Waals surface area contributed by atoms with Crippen LogP contribution in [0.5, 0.6) is 0 Å². The number of carbonyl (C=O) groups is 2. The van der Waals surface area contributed by atoms with Crippen molar-refractivity contribution < 1.29 is 23.9 Å². The average molecular weight is 606 g/mol. The fraction of sp³-hybridized carbons (Fsp3) is 0.838. The molecule has 0 radical (unpaired) electrons. The summed E-state index contributed by atoms with van der Waals surface area (Å²) in [5.74, 6) is 1.60. The van der Waals surface area contributed by atoms with Gasteiger partial charge in [0, 0.05) is 18.9 Å². The summed E-state index contributed by atoms with van der Waals surface area (Å²) in [5.41, 5.74) is 2.53. The van der Waals surface area contributed by atoms with Crippen molar-refractivity contribution >= 4 is 11.7 Å². The van der Waals surface area contributed by atoms with E-state index in [0.717, 1.165) is 57.8 Å². The lowest BCUT2D eigenvalue weighted by molar-refractivity contribution is -0.173. The van der Waals surface area contributed by atoms with E-state index in [9.17, 15) is 9.59 Å². The van der Waals surface area contributed by atoms with Gasteiger partial charge in [0.2, 0.25) is 5.91 Å². The van der Waals surface area contributed by atoms with Gasteiger partial charge >= 0.3 is 0 Å². The highest BCUT2D eigenvalue weighted by atomic mass is 16.7. The molecular weight excluding hydrogens is 538 g/mol. The van der Waals surface area contributed by atoms with Crippen molar-refractivity contribution in [3.8, 4) is 0 Å². The number of hydrogen-bond acceptors (Lipinski definition) is 5. The van der Waals surface area contributed by atoms with Gasteiger partial charge in [-0.3, -0.25) is 14.4 Å². The highest BCUT2D eigenvalue weighted by Gasteiger charge is 2.30. The first-order valence-corrected chi connectivity index (χ1v) is 17.3. The van der Waals surface area contributed by atoms with Crippen LogP contribution < -0.4 is 0 Å². The second-order valence-corrected chi connectivity index (χ2v) is 13.8. The Morgan fingerprint density at radius 1 is 0.814 bits per heavy atom. The van der Waals surface area contributed by atoms with Gasteiger partial charge in [0.1, 0.15) is 5.78 Å². The summed E-state index contributed by atoms with van der Waals surface area (Å²) in [6, 6.07) is 0. The first-order chi connectivity index (χ1) is 20.3. The topological polar surface area (TPSA) is 65.1 Å². The summed E-state index contributed by atoms with van der Waals surface area (Å²) in [5, 5.41) is 1.32. The van der Waals surface area contributed by atoms with Crippen molar-refractivity contribution in [2.45, 2.75) is 163 Å². The first-order valence-electron chi connectivity index (χ1n) is 17.3. The predicted octanol–water partition coefficient (Wildman–Crippen LogP) is 9.27. The van der Waals surface area contributed by atoms with E-state index >= 15 is 0 Å². The lowest BCUT2D eigenvalue weighted by Crippen LogP contribution is -2.31. The molecule has 4 unspecified atom stereocenters. The molecule has 43 heavy (non-hydrogen) atoms. The number of Topliss-reactive ketones (excluding diaryl/α,β-unsaturated/α-hetero) is 1. The van der Waals surface area contributed by atoms with Crippen LogP contribution in [-0.2, 0) is 23.9 Å². The third kappa shape index (κ3) is 15.4. The van der Waals surface area contributed by atoms with Crippen LogP contribution >= 0.6 is 0 Å². The van der Waals surface area contributed by atoms with Crippen LogP contribution in [0, 0.1) is 23.7 Å². The molecule has 0 aromatic heterocycles. The number of carbonyl (C=O) groups excluding carboxylic acids is 2. The molecule has 0 aliphatic carbocycles. The fourth-order valence-corrected chi connectivity index (χ4v) is 6.33. The minimum Gasteiger partial charge on any atom is -0.370 e. The number of nitrogens with zero attached hydrogens (tertiary/aromatic N) is 1. The third-order valence-corrected chi connectivity index (χ3v) is 9.42. The zero-order valence-electron chi connectivity index (χ0n) is 29.4. The first kappa shape index (κ1) is 39.5. The Kier molecular flexibility index (Phi) is 19.6. The summed E-state index contributed by atoms with van der Waals surface area (Å²) in [7, 11) is 3.18. The number of unbranched alkanes of at least 4 members (excludes halogenated alkanes) is 2. The zero-order chi connectivity index (χ0) is 32.5. The summed E-state index contributed by atoms with van der Waals surface area (Å²) in [6.45, 7) is 23.0. The van der Waals surface area contributed by atoms with E-state index in [0.29, 0.717) is 29.8 Å². The molecular formula is C37H67NO5. The van der Waals surface area contributed by atoms with Crippen LogP contribution in [0.4, 0.5) is 0 Å². The van der Waals surface area contributed by atoms with Crippen LogP contribution in [0.3, 0.4) is 0 Å². The number of ether oxygens (including phenoxy) is 2. The normalized spacial score (nSPS) is 24.7. The van der Waals surface area contributed by atoms with E-state index in [-0.39, 0.29) is 30.0 Å².